The standard InChI is InChI=1S/C11H19N3O2/c1-15-7-9-2-4-14(5-3-9)11-13-10(6-12)8-16-11/h8-9H,2-7,12H2,1H3. The number of nitrogens with two attached hydrogens (primary N) is 1. The van der Waals surface area contributed by atoms with Crippen molar-refractivity contribution in [1.29, 1.82) is 0 Å². The van der Waals surface area contributed by atoms with E-state index in [0.29, 0.717) is 18.5 Å². The third kappa shape index (κ3) is 2.54. The number of methoxy groups -OCH3 is 1. The van der Waals surface area contributed by atoms with Crippen molar-refractivity contribution >= 4 is 6.01 Å². The molecule has 0 atom stereocenters. The summed E-state index contributed by atoms with van der Waals surface area (Å²) in [4.78, 5) is 6.50. The van der Waals surface area contributed by atoms with Gasteiger partial charge in [0, 0.05) is 33.4 Å². The molecule has 1 aliphatic heterocycles. The van der Waals surface area contributed by atoms with Crippen LogP contribution in [-0.4, -0.2) is 31.8 Å². The van der Waals surface area contributed by atoms with Crippen LogP contribution in [0.5, 0.6) is 0 Å². The highest BCUT2D eigenvalue weighted by molar-refractivity contribution is 5.27. The molecule has 16 heavy (non-hydrogen) atoms. The largest absolute Gasteiger partial charge is 0.432 e. The van der Waals surface area contributed by atoms with Crippen molar-refractivity contribution < 1.29 is 9.15 Å². The number of oxazole rings is 1. The first kappa shape index (κ1) is 11.4. The van der Waals surface area contributed by atoms with Crippen LogP contribution in [0, 0.1) is 5.92 Å². The molecule has 90 valence electrons. The molecular weight excluding hydrogens is 206 g/mol. The van der Waals surface area contributed by atoms with Gasteiger partial charge in [0.1, 0.15) is 6.26 Å². The van der Waals surface area contributed by atoms with E-state index in [2.05, 4.69) is 9.88 Å². The van der Waals surface area contributed by atoms with Crippen molar-refractivity contribution in [1.82, 2.24) is 4.98 Å². The zero-order valence-electron chi connectivity index (χ0n) is 9.69. The van der Waals surface area contributed by atoms with E-state index in [1.54, 1.807) is 13.4 Å². The predicted molar refractivity (Wildman–Crippen MR) is 61.2 cm³/mol. The molecule has 1 aromatic heterocycles. The Kier molecular flexibility index (Phi) is 3.79. The number of anilines is 1. The Morgan fingerprint density at radius 1 is 1.56 bits per heavy atom. The molecule has 0 aliphatic carbocycles. The van der Waals surface area contributed by atoms with Crippen molar-refractivity contribution in [2.45, 2.75) is 19.4 Å². The second-order valence-corrected chi connectivity index (χ2v) is 4.21. The van der Waals surface area contributed by atoms with Gasteiger partial charge in [-0.15, -0.1) is 0 Å². The van der Waals surface area contributed by atoms with E-state index in [4.69, 9.17) is 14.9 Å². The fourth-order valence-corrected chi connectivity index (χ4v) is 2.06. The SMILES string of the molecule is COCC1CCN(c2nc(CN)co2)CC1. The van der Waals surface area contributed by atoms with Crippen molar-refractivity contribution in [2.24, 2.45) is 11.7 Å². The molecule has 2 N–H and O–H groups in total. The molecule has 0 unspecified atom stereocenters. The predicted octanol–water partition coefficient (Wildman–Crippen LogP) is 0.996. The van der Waals surface area contributed by atoms with Crippen LogP contribution >= 0.6 is 0 Å². The van der Waals surface area contributed by atoms with Crippen LogP contribution in [0.15, 0.2) is 10.7 Å². The Balaban J connectivity index is 1.88. The Morgan fingerprint density at radius 3 is 2.88 bits per heavy atom. The highest BCUT2D eigenvalue weighted by Gasteiger charge is 2.21. The Morgan fingerprint density at radius 2 is 2.31 bits per heavy atom. The van der Waals surface area contributed by atoms with Gasteiger partial charge in [-0.25, -0.2) is 0 Å². The Labute approximate surface area is 95.6 Å². The van der Waals surface area contributed by atoms with E-state index in [1.807, 2.05) is 0 Å². The molecule has 1 aliphatic rings. The molecule has 1 saturated heterocycles. The van der Waals surface area contributed by atoms with E-state index in [9.17, 15) is 0 Å². The Hall–Kier alpha value is -1.07. The number of piperidine rings is 1. The first-order valence-electron chi connectivity index (χ1n) is 5.72. The molecule has 0 radical (unpaired) electrons. The zero-order valence-corrected chi connectivity index (χ0v) is 9.69. The van der Waals surface area contributed by atoms with Crippen LogP contribution in [0.2, 0.25) is 0 Å². The normalized spacial score (nSPS) is 18.0. The van der Waals surface area contributed by atoms with Crippen LogP contribution in [0.25, 0.3) is 0 Å². The first-order valence-corrected chi connectivity index (χ1v) is 5.72. The van der Waals surface area contributed by atoms with E-state index < -0.39 is 0 Å². The van der Waals surface area contributed by atoms with Crippen molar-refractivity contribution in [2.75, 3.05) is 31.7 Å². The number of ether oxygens (including phenoxy) is 1. The van der Waals surface area contributed by atoms with Gasteiger partial charge in [-0.05, 0) is 18.8 Å². The van der Waals surface area contributed by atoms with Crippen LogP contribution < -0.4 is 10.6 Å². The monoisotopic (exact) mass is 225 g/mol. The van der Waals surface area contributed by atoms with Gasteiger partial charge in [-0.1, -0.05) is 0 Å². The maximum Gasteiger partial charge on any atom is 0.297 e. The lowest BCUT2D eigenvalue weighted by atomic mass is 9.98. The van der Waals surface area contributed by atoms with Crippen LogP contribution in [0.3, 0.4) is 0 Å². The lowest BCUT2D eigenvalue weighted by molar-refractivity contribution is 0.138. The number of aromatic nitrogens is 1. The van der Waals surface area contributed by atoms with Crippen molar-refractivity contribution in [3.05, 3.63) is 12.0 Å². The smallest absolute Gasteiger partial charge is 0.297 e. The fourth-order valence-electron chi connectivity index (χ4n) is 2.06. The summed E-state index contributed by atoms with van der Waals surface area (Å²) in [6, 6.07) is 0.705. The van der Waals surface area contributed by atoms with Gasteiger partial charge in [-0.3, -0.25) is 0 Å². The van der Waals surface area contributed by atoms with Gasteiger partial charge in [0.15, 0.2) is 0 Å². The highest BCUT2D eigenvalue weighted by atomic mass is 16.5. The number of hydrogen-bond acceptors (Lipinski definition) is 5. The van der Waals surface area contributed by atoms with Crippen LogP contribution in [0.1, 0.15) is 18.5 Å². The average molecular weight is 225 g/mol. The second kappa shape index (κ2) is 5.32. The maximum atomic E-state index is 5.50. The number of hydrogen-bond donors (Lipinski definition) is 1. The highest BCUT2D eigenvalue weighted by Crippen LogP contribution is 2.22. The molecule has 1 aromatic rings. The quantitative estimate of drug-likeness (QED) is 0.828. The minimum atomic E-state index is 0.434. The topological polar surface area (TPSA) is 64.5 Å². The summed E-state index contributed by atoms with van der Waals surface area (Å²) in [7, 11) is 1.76. The summed E-state index contributed by atoms with van der Waals surface area (Å²) in [5, 5.41) is 0. The first-order chi connectivity index (χ1) is 7.83. The van der Waals surface area contributed by atoms with Crippen molar-refractivity contribution in [3.8, 4) is 0 Å². The van der Waals surface area contributed by atoms with Gasteiger partial charge < -0.3 is 19.8 Å². The maximum absolute atomic E-state index is 5.50. The average Bonchev–Trinajstić information content (AvgIpc) is 2.79. The van der Waals surface area contributed by atoms with E-state index in [0.717, 1.165) is 38.2 Å². The van der Waals surface area contributed by atoms with Gasteiger partial charge in [0.05, 0.1) is 5.69 Å². The lowest BCUT2D eigenvalue weighted by Gasteiger charge is -2.30. The zero-order chi connectivity index (χ0) is 11.4. The lowest BCUT2D eigenvalue weighted by Crippen LogP contribution is -2.35. The second-order valence-electron chi connectivity index (χ2n) is 4.21. The summed E-state index contributed by atoms with van der Waals surface area (Å²) >= 11 is 0. The third-order valence-corrected chi connectivity index (χ3v) is 3.04. The van der Waals surface area contributed by atoms with Gasteiger partial charge in [-0.2, -0.15) is 4.98 Å². The van der Waals surface area contributed by atoms with Gasteiger partial charge in [0.2, 0.25) is 0 Å². The summed E-state index contributed by atoms with van der Waals surface area (Å²) < 4.78 is 10.6. The molecular formula is C11H19N3O2. The molecule has 2 rings (SSSR count). The minimum Gasteiger partial charge on any atom is -0.432 e. The minimum absolute atomic E-state index is 0.434. The number of rotatable bonds is 4. The summed E-state index contributed by atoms with van der Waals surface area (Å²) in [5.41, 5.74) is 6.31. The van der Waals surface area contributed by atoms with E-state index >= 15 is 0 Å². The van der Waals surface area contributed by atoms with E-state index in [-0.39, 0.29) is 0 Å². The van der Waals surface area contributed by atoms with Crippen molar-refractivity contribution in [3.63, 3.8) is 0 Å². The molecule has 0 spiro atoms. The molecule has 0 saturated carbocycles. The summed E-state index contributed by atoms with van der Waals surface area (Å²) in [6.45, 7) is 3.26. The molecule has 5 heteroatoms. The van der Waals surface area contributed by atoms with E-state index in [1.165, 1.54) is 0 Å². The summed E-state index contributed by atoms with van der Waals surface area (Å²) in [6.07, 6.45) is 3.90. The van der Waals surface area contributed by atoms with Gasteiger partial charge >= 0.3 is 0 Å². The van der Waals surface area contributed by atoms with Crippen LogP contribution in [0.4, 0.5) is 6.01 Å². The van der Waals surface area contributed by atoms with Crippen LogP contribution in [-0.2, 0) is 11.3 Å². The molecule has 0 bridgehead atoms. The Bertz CT molecular complexity index is 319. The van der Waals surface area contributed by atoms with Gasteiger partial charge in [0.25, 0.3) is 6.01 Å². The molecule has 1 fully saturated rings. The molecule has 0 amide bonds. The number of nitrogens with zero attached hydrogens (tertiary/aromatic N) is 2. The third-order valence-electron chi connectivity index (χ3n) is 3.04. The fraction of sp³-hybridized carbons (Fsp3) is 0.727. The molecule has 5 nitrogen and oxygen atoms in total. The summed E-state index contributed by atoms with van der Waals surface area (Å²) in [5.74, 6) is 0.671. The molecule has 0 aromatic carbocycles. The molecule has 2 heterocycles.